The summed E-state index contributed by atoms with van der Waals surface area (Å²) in [6.45, 7) is 3.85. The van der Waals surface area contributed by atoms with E-state index >= 15 is 0 Å². The molecule has 0 bridgehead atoms. The van der Waals surface area contributed by atoms with Crippen molar-refractivity contribution in [2.75, 3.05) is 46.3 Å². The lowest BCUT2D eigenvalue weighted by Crippen LogP contribution is -2.44. The monoisotopic (exact) mass is 447 g/mol. The van der Waals surface area contributed by atoms with Gasteiger partial charge < -0.3 is 9.80 Å². The van der Waals surface area contributed by atoms with Gasteiger partial charge in [-0.15, -0.1) is 0 Å². The van der Waals surface area contributed by atoms with Crippen LogP contribution in [0.1, 0.15) is 31.2 Å². The van der Waals surface area contributed by atoms with E-state index in [1.54, 1.807) is 11.9 Å². The van der Waals surface area contributed by atoms with Crippen LogP contribution in [0.25, 0.3) is 0 Å². The molecule has 1 amide bonds. The van der Waals surface area contributed by atoms with E-state index in [1.807, 2.05) is 0 Å². The Hall–Kier alpha value is -1.65. The summed E-state index contributed by atoms with van der Waals surface area (Å²) in [5, 5.41) is 0. The molecule has 2 fully saturated rings. The first-order chi connectivity index (χ1) is 14.1. The van der Waals surface area contributed by atoms with Crippen molar-refractivity contribution in [3.63, 3.8) is 0 Å². The number of likely N-dealkylation sites (N-methyl/N-ethyl adjacent to an activating group) is 1. The Kier molecular flexibility index (Phi) is 7.09. The predicted octanol–water partition coefficient (Wildman–Crippen LogP) is 2.66. The molecule has 0 atom stereocenters. The minimum atomic E-state index is -4.61. The molecule has 0 N–H and O–H groups in total. The molecular weight excluding hydrogens is 419 g/mol. The molecule has 30 heavy (non-hydrogen) atoms. The van der Waals surface area contributed by atoms with Crippen LogP contribution in [0.4, 0.5) is 13.2 Å². The summed E-state index contributed by atoms with van der Waals surface area (Å²) in [7, 11) is -2.27. The van der Waals surface area contributed by atoms with E-state index in [4.69, 9.17) is 0 Å². The highest BCUT2D eigenvalue weighted by Gasteiger charge is 2.35. The third-order valence-corrected chi connectivity index (χ3v) is 7.82. The zero-order valence-electron chi connectivity index (χ0n) is 17.1. The van der Waals surface area contributed by atoms with Crippen LogP contribution in [-0.2, 0) is 21.0 Å². The first-order valence-corrected chi connectivity index (χ1v) is 11.7. The van der Waals surface area contributed by atoms with Crippen molar-refractivity contribution < 1.29 is 26.4 Å². The molecule has 0 spiro atoms. The number of sulfonamides is 1. The van der Waals surface area contributed by atoms with Crippen molar-refractivity contribution in [1.82, 2.24) is 14.1 Å². The van der Waals surface area contributed by atoms with Crippen molar-refractivity contribution in [2.45, 2.75) is 36.8 Å². The summed E-state index contributed by atoms with van der Waals surface area (Å²) in [5.41, 5.74) is -0.992. The fourth-order valence-electron chi connectivity index (χ4n) is 4.04. The zero-order chi connectivity index (χ0) is 21.9. The Morgan fingerprint density at radius 1 is 1.13 bits per heavy atom. The second kappa shape index (κ2) is 9.23. The Morgan fingerprint density at radius 2 is 1.77 bits per heavy atom. The van der Waals surface area contributed by atoms with E-state index in [2.05, 4.69) is 4.90 Å². The molecule has 2 aliphatic rings. The molecule has 3 rings (SSSR count). The second-order valence-corrected chi connectivity index (χ2v) is 9.95. The van der Waals surface area contributed by atoms with Crippen LogP contribution in [0, 0.1) is 5.92 Å². The molecule has 2 heterocycles. The third-order valence-electron chi connectivity index (χ3n) is 5.93. The molecular formula is C20H28F3N3O3S. The topological polar surface area (TPSA) is 60.9 Å². The molecule has 0 aliphatic carbocycles. The average Bonchev–Trinajstić information content (AvgIpc) is 3.24. The van der Waals surface area contributed by atoms with Gasteiger partial charge in [-0.2, -0.15) is 17.5 Å². The number of alkyl halides is 3. The minimum absolute atomic E-state index is 0.00492. The number of carbonyl (C=O) groups is 1. The minimum Gasteiger partial charge on any atom is -0.344 e. The highest BCUT2D eigenvalue weighted by atomic mass is 32.2. The van der Waals surface area contributed by atoms with E-state index in [0.717, 1.165) is 31.8 Å². The quantitative estimate of drug-likeness (QED) is 0.673. The summed E-state index contributed by atoms with van der Waals surface area (Å²) in [6.07, 6.45) is -1.49. The molecule has 2 aliphatic heterocycles. The van der Waals surface area contributed by atoms with Gasteiger partial charge in [0.15, 0.2) is 0 Å². The molecule has 1 aromatic rings. The lowest BCUT2D eigenvalue weighted by atomic mass is 9.97. The lowest BCUT2D eigenvalue weighted by molar-refractivity contribution is -0.138. The normalized spacial score (nSPS) is 19.9. The van der Waals surface area contributed by atoms with Crippen molar-refractivity contribution in [3.05, 3.63) is 29.8 Å². The van der Waals surface area contributed by atoms with Crippen LogP contribution in [-0.4, -0.2) is 74.7 Å². The van der Waals surface area contributed by atoms with Crippen molar-refractivity contribution >= 4 is 15.9 Å². The van der Waals surface area contributed by atoms with Crippen LogP contribution in [0.3, 0.4) is 0 Å². The van der Waals surface area contributed by atoms with E-state index in [1.165, 1.54) is 23.2 Å². The summed E-state index contributed by atoms with van der Waals surface area (Å²) < 4.78 is 65.5. The van der Waals surface area contributed by atoms with Crippen LogP contribution >= 0.6 is 0 Å². The smallest absolute Gasteiger partial charge is 0.344 e. The van der Waals surface area contributed by atoms with Gasteiger partial charge in [0, 0.05) is 39.1 Å². The van der Waals surface area contributed by atoms with Gasteiger partial charge in [0.25, 0.3) is 0 Å². The van der Waals surface area contributed by atoms with Crippen LogP contribution < -0.4 is 0 Å². The van der Waals surface area contributed by atoms with Gasteiger partial charge in [0.05, 0.1) is 10.5 Å². The maximum Gasteiger partial charge on any atom is 0.416 e. The van der Waals surface area contributed by atoms with Gasteiger partial charge in [-0.3, -0.25) is 4.79 Å². The van der Waals surface area contributed by atoms with Gasteiger partial charge in [-0.25, -0.2) is 8.42 Å². The van der Waals surface area contributed by atoms with Crippen molar-refractivity contribution in [3.8, 4) is 0 Å². The largest absolute Gasteiger partial charge is 0.416 e. The first-order valence-electron chi connectivity index (χ1n) is 10.2. The summed E-state index contributed by atoms with van der Waals surface area (Å²) in [5.74, 6) is -0.258. The van der Waals surface area contributed by atoms with E-state index in [0.29, 0.717) is 25.5 Å². The lowest BCUT2D eigenvalue weighted by Gasteiger charge is -2.33. The SMILES string of the molecule is CN(CCN1CCCC1)C(=O)C1CCN(S(=O)(=O)c2cccc(C(F)(F)F)c2)CC1. The summed E-state index contributed by atoms with van der Waals surface area (Å²) >= 11 is 0. The molecule has 0 unspecified atom stereocenters. The van der Waals surface area contributed by atoms with E-state index in [9.17, 15) is 26.4 Å². The summed E-state index contributed by atoms with van der Waals surface area (Å²) in [4.78, 5) is 16.4. The number of halogens is 3. The summed E-state index contributed by atoms with van der Waals surface area (Å²) in [6, 6.07) is 3.79. The number of likely N-dealkylation sites (tertiary alicyclic amines) is 1. The fourth-order valence-corrected chi connectivity index (χ4v) is 5.56. The standard InChI is InChI=1S/C20H28F3N3O3S/c1-24(13-14-25-9-2-3-10-25)19(27)16-7-11-26(12-8-16)30(28,29)18-6-4-5-17(15-18)20(21,22)23/h4-6,15-16H,2-3,7-14H2,1H3. The molecule has 168 valence electrons. The zero-order valence-corrected chi connectivity index (χ0v) is 17.9. The number of carbonyl (C=O) groups excluding carboxylic acids is 1. The van der Waals surface area contributed by atoms with Crippen LogP contribution in [0.15, 0.2) is 29.2 Å². The van der Waals surface area contributed by atoms with E-state index in [-0.39, 0.29) is 29.8 Å². The number of piperidine rings is 1. The number of nitrogens with zero attached hydrogens (tertiary/aromatic N) is 3. The Bertz CT molecular complexity index is 846. The Morgan fingerprint density at radius 3 is 2.37 bits per heavy atom. The van der Waals surface area contributed by atoms with Crippen molar-refractivity contribution in [2.24, 2.45) is 5.92 Å². The van der Waals surface area contributed by atoms with Gasteiger partial charge >= 0.3 is 6.18 Å². The number of rotatable bonds is 6. The number of hydrogen-bond acceptors (Lipinski definition) is 4. The molecule has 0 aromatic heterocycles. The first kappa shape index (κ1) is 23.0. The molecule has 2 saturated heterocycles. The fraction of sp³-hybridized carbons (Fsp3) is 0.650. The Balaban J connectivity index is 1.57. The highest BCUT2D eigenvalue weighted by molar-refractivity contribution is 7.89. The molecule has 1 aromatic carbocycles. The third kappa shape index (κ3) is 5.33. The molecule has 0 radical (unpaired) electrons. The average molecular weight is 448 g/mol. The van der Waals surface area contributed by atoms with E-state index < -0.39 is 21.8 Å². The predicted molar refractivity (Wildman–Crippen MR) is 106 cm³/mol. The second-order valence-electron chi connectivity index (χ2n) is 8.01. The van der Waals surface area contributed by atoms with Gasteiger partial charge in [-0.05, 0) is 57.0 Å². The number of hydrogen-bond donors (Lipinski definition) is 0. The van der Waals surface area contributed by atoms with Crippen molar-refractivity contribution in [1.29, 1.82) is 0 Å². The van der Waals surface area contributed by atoms with Gasteiger partial charge in [0.1, 0.15) is 0 Å². The highest BCUT2D eigenvalue weighted by Crippen LogP contribution is 2.32. The molecule has 6 nitrogen and oxygen atoms in total. The maximum absolute atomic E-state index is 12.9. The number of benzene rings is 1. The molecule has 0 saturated carbocycles. The molecule has 10 heteroatoms. The Labute approximate surface area is 175 Å². The van der Waals surface area contributed by atoms with Crippen LogP contribution in [0.5, 0.6) is 0 Å². The maximum atomic E-state index is 12.9. The van der Waals surface area contributed by atoms with Gasteiger partial charge in [-0.1, -0.05) is 6.07 Å². The van der Waals surface area contributed by atoms with Crippen LogP contribution in [0.2, 0.25) is 0 Å². The number of amides is 1. The van der Waals surface area contributed by atoms with Gasteiger partial charge in [0.2, 0.25) is 15.9 Å².